The molecule has 0 aliphatic carbocycles. The zero-order valence-corrected chi connectivity index (χ0v) is 14.1. The van der Waals surface area contributed by atoms with E-state index in [0.29, 0.717) is 12.5 Å². The molecule has 1 aliphatic heterocycles. The highest BCUT2D eigenvalue weighted by Crippen LogP contribution is 2.29. The van der Waals surface area contributed by atoms with Crippen LogP contribution in [0.2, 0.25) is 0 Å². The largest absolute Gasteiger partial charge is 0.483 e. The molecule has 21 heavy (non-hydrogen) atoms. The quantitative estimate of drug-likeness (QED) is 0.851. The zero-order chi connectivity index (χ0) is 15.2. The SMILES string of the molecule is CC(C)c1cc(Br)ccc1OCC(=O)NCC1CCCO1. The Labute approximate surface area is 134 Å². The van der Waals surface area contributed by atoms with Gasteiger partial charge in [0.05, 0.1) is 6.10 Å². The summed E-state index contributed by atoms with van der Waals surface area (Å²) < 4.78 is 12.1. The molecule has 1 saturated heterocycles. The second-order valence-electron chi connectivity index (χ2n) is 5.56. The van der Waals surface area contributed by atoms with Crippen LogP contribution in [0.1, 0.15) is 38.2 Å². The number of benzene rings is 1. The molecule has 0 radical (unpaired) electrons. The van der Waals surface area contributed by atoms with Crippen molar-refractivity contribution in [1.82, 2.24) is 5.32 Å². The second-order valence-corrected chi connectivity index (χ2v) is 6.48. The Morgan fingerprint density at radius 1 is 1.52 bits per heavy atom. The average Bonchev–Trinajstić information content (AvgIpc) is 2.97. The fraction of sp³-hybridized carbons (Fsp3) is 0.562. The van der Waals surface area contributed by atoms with Gasteiger partial charge in [-0.25, -0.2) is 0 Å². The van der Waals surface area contributed by atoms with E-state index >= 15 is 0 Å². The van der Waals surface area contributed by atoms with Gasteiger partial charge in [0.15, 0.2) is 6.61 Å². The molecule has 116 valence electrons. The second kappa shape index (κ2) is 7.80. The first kappa shape index (κ1) is 16.3. The van der Waals surface area contributed by atoms with E-state index in [1.807, 2.05) is 18.2 Å². The Morgan fingerprint density at radius 3 is 3.00 bits per heavy atom. The van der Waals surface area contributed by atoms with E-state index in [1.54, 1.807) is 0 Å². The fourth-order valence-corrected chi connectivity index (χ4v) is 2.71. The molecular weight excluding hydrogens is 334 g/mol. The van der Waals surface area contributed by atoms with Gasteiger partial charge in [-0.15, -0.1) is 0 Å². The molecule has 1 aromatic rings. The van der Waals surface area contributed by atoms with E-state index in [-0.39, 0.29) is 18.6 Å². The topological polar surface area (TPSA) is 47.6 Å². The summed E-state index contributed by atoms with van der Waals surface area (Å²) in [7, 11) is 0. The lowest BCUT2D eigenvalue weighted by Gasteiger charge is -2.15. The first-order valence-electron chi connectivity index (χ1n) is 7.37. The van der Waals surface area contributed by atoms with Crippen LogP contribution in [0, 0.1) is 0 Å². The van der Waals surface area contributed by atoms with Crippen LogP contribution in [0.4, 0.5) is 0 Å². The van der Waals surface area contributed by atoms with Crippen LogP contribution < -0.4 is 10.1 Å². The van der Waals surface area contributed by atoms with Gasteiger partial charge < -0.3 is 14.8 Å². The predicted molar refractivity (Wildman–Crippen MR) is 85.7 cm³/mol. The maximum absolute atomic E-state index is 11.8. The summed E-state index contributed by atoms with van der Waals surface area (Å²) in [5.74, 6) is 0.996. The summed E-state index contributed by atoms with van der Waals surface area (Å²) in [6, 6.07) is 5.85. The molecule has 1 unspecified atom stereocenters. The van der Waals surface area contributed by atoms with Crippen molar-refractivity contribution in [2.45, 2.75) is 38.7 Å². The molecule has 1 atom stereocenters. The molecule has 0 bridgehead atoms. The number of hydrogen-bond acceptors (Lipinski definition) is 3. The summed E-state index contributed by atoms with van der Waals surface area (Å²) in [5.41, 5.74) is 1.09. The number of nitrogens with one attached hydrogen (secondary N) is 1. The van der Waals surface area contributed by atoms with Gasteiger partial charge in [-0.1, -0.05) is 29.8 Å². The van der Waals surface area contributed by atoms with Crippen LogP contribution in [-0.4, -0.2) is 31.8 Å². The highest BCUT2D eigenvalue weighted by molar-refractivity contribution is 9.10. The first-order chi connectivity index (χ1) is 10.1. The molecule has 1 aromatic carbocycles. The monoisotopic (exact) mass is 355 g/mol. The van der Waals surface area contributed by atoms with Gasteiger partial charge >= 0.3 is 0 Å². The highest BCUT2D eigenvalue weighted by atomic mass is 79.9. The molecule has 1 aliphatic rings. The predicted octanol–water partition coefficient (Wildman–Crippen LogP) is 3.25. The molecule has 1 amide bonds. The molecule has 0 spiro atoms. The fourth-order valence-electron chi connectivity index (χ4n) is 2.33. The van der Waals surface area contributed by atoms with Crippen molar-refractivity contribution in [2.75, 3.05) is 19.8 Å². The third kappa shape index (κ3) is 5.00. The minimum atomic E-state index is -0.108. The lowest BCUT2D eigenvalue weighted by Crippen LogP contribution is -2.35. The Bertz CT molecular complexity index is 484. The number of ether oxygens (including phenoxy) is 2. The van der Waals surface area contributed by atoms with E-state index in [4.69, 9.17) is 9.47 Å². The Morgan fingerprint density at radius 2 is 2.33 bits per heavy atom. The van der Waals surface area contributed by atoms with Crippen LogP contribution in [0.25, 0.3) is 0 Å². The Balaban J connectivity index is 1.83. The zero-order valence-electron chi connectivity index (χ0n) is 12.5. The van der Waals surface area contributed by atoms with Gasteiger partial charge in [0.25, 0.3) is 5.91 Å². The summed E-state index contributed by atoms with van der Waals surface area (Å²) in [6.45, 7) is 5.61. The number of halogens is 1. The number of amides is 1. The van der Waals surface area contributed by atoms with Crippen molar-refractivity contribution in [3.63, 3.8) is 0 Å². The van der Waals surface area contributed by atoms with Crippen LogP contribution in [0.5, 0.6) is 5.75 Å². The van der Waals surface area contributed by atoms with Crippen LogP contribution in [0.15, 0.2) is 22.7 Å². The van der Waals surface area contributed by atoms with Gasteiger partial charge in [-0.05, 0) is 42.5 Å². The highest BCUT2D eigenvalue weighted by Gasteiger charge is 2.16. The molecule has 0 aromatic heterocycles. The Kier molecular flexibility index (Phi) is 6.06. The molecular formula is C16H22BrNO3. The lowest BCUT2D eigenvalue weighted by molar-refractivity contribution is -0.123. The number of rotatable bonds is 6. The maximum atomic E-state index is 11.8. The van der Waals surface area contributed by atoms with Crippen molar-refractivity contribution in [3.05, 3.63) is 28.2 Å². The van der Waals surface area contributed by atoms with Crippen molar-refractivity contribution in [1.29, 1.82) is 0 Å². The molecule has 2 rings (SSSR count). The minimum Gasteiger partial charge on any atom is -0.483 e. The van der Waals surface area contributed by atoms with Crippen LogP contribution >= 0.6 is 15.9 Å². The van der Waals surface area contributed by atoms with Crippen molar-refractivity contribution in [2.24, 2.45) is 0 Å². The minimum absolute atomic E-state index is 0.0358. The van der Waals surface area contributed by atoms with E-state index in [1.165, 1.54) is 0 Å². The van der Waals surface area contributed by atoms with E-state index < -0.39 is 0 Å². The first-order valence-corrected chi connectivity index (χ1v) is 8.16. The third-order valence-corrected chi connectivity index (χ3v) is 4.00. The Hall–Kier alpha value is -1.07. The number of carbonyl (C=O) groups excluding carboxylic acids is 1. The van der Waals surface area contributed by atoms with Crippen LogP contribution in [0.3, 0.4) is 0 Å². The molecule has 5 heteroatoms. The standard InChI is InChI=1S/C16H22BrNO3/c1-11(2)14-8-12(17)5-6-15(14)21-10-16(19)18-9-13-4-3-7-20-13/h5-6,8,11,13H,3-4,7,9-10H2,1-2H3,(H,18,19). The summed E-state index contributed by atoms with van der Waals surface area (Å²) >= 11 is 3.46. The number of carbonyl (C=O) groups is 1. The van der Waals surface area contributed by atoms with Crippen molar-refractivity contribution < 1.29 is 14.3 Å². The van der Waals surface area contributed by atoms with Crippen LogP contribution in [-0.2, 0) is 9.53 Å². The van der Waals surface area contributed by atoms with Gasteiger partial charge in [0.2, 0.25) is 0 Å². The summed E-state index contributed by atoms with van der Waals surface area (Å²) in [4.78, 5) is 11.8. The van der Waals surface area contributed by atoms with E-state index in [0.717, 1.165) is 35.2 Å². The summed E-state index contributed by atoms with van der Waals surface area (Å²) in [6.07, 6.45) is 2.26. The third-order valence-electron chi connectivity index (χ3n) is 3.50. The van der Waals surface area contributed by atoms with E-state index in [2.05, 4.69) is 35.1 Å². The van der Waals surface area contributed by atoms with Gasteiger partial charge in [-0.2, -0.15) is 0 Å². The summed E-state index contributed by atoms with van der Waals surface area (Å²) in [5, 5.41) is 2.86. The van der Waals surface area contributed by atoms with Gasteiger partial charge in [0.1, 0.15) is 5.75 Å². The van der Waals surface area contributed by atoms with E-state index in [9.17, 15) is 4.79 Å². The molecule has 4 nitrogen and oxygen atoms in total. The smallest absolute Gasteiger partial charge is 0.258 e. The lowest BCUT2D eigenvalue weighted by atomic mass is 10.0. The molecule has 1 fully saturated rings. The molecule has 1 heterocycles. The van der Waals surface area contributed by atoms with Crippen molar-refractivity contribution in [3.8, 4) is 5.75 Å². The molecule has 1 N–H and O–H groups in total. The average molecular weight is 356 g/mol. The van der Waals surface area contributed by atoms with Crippen molar-refractivity contribution >= 4 is 21.8 Å². The maximum Gasteiger partial charge on any atom is 0.258 e. The van der Waals surface area contributed by atoms with Gasteiger partial charge in [0, 0.05) is 17.6 Å². The molecule has 0 saturated carbocycles. The number of hydrogen-bond donors (Lipinski definition) is 1. The van der Waals surface area contributed by atoms with Gasteiger partial charge in [-0.3, -0.25) is 4.79 Å². The normalized spacial score (nSPS) is 18.0.